The van der Waals surface area contributed by atoms with Crippen molar-refractivity contribution in [2.45, 2.75) is 6.92 Å². The van der Waals surface area contributed by atoms with Crippen molar-refractivity contribution in [1.82, 2.24) is 0 Å². The van der Waals surface area contributed by atoms with E-state index in [2.05, 4.69) is 79.3 Å². The third-order valence-corrected chi connectivity index (χ3v) is 4.86. The van der Waals surface area contributed by atoms with Crippen LogP contribution in [0.1, 0.15) is 5.56 Å². The maximum atomic E-state index is 6.28. The van der Waals surface area contributed by atoms with Crippen molar-refractivity contribution in [1.29, 1.82) is 0 Å². The summed E-state index contributed by atoms with van der Waals surface area (Å²) in [6.45, 7) is 2.19. The molecule has 0 bridgehead atoms. The molecule has 0 saturated heterocycles. The molecule has 2 nitrogen and oxygen atoms in total. The van der Waals surface area contributed by atoms with E-state index in [1.165, 1.54) is 38.4 Å². The zero-order valence-electron chi connectivity index (χ0n) is 13.1. The minimum atomic E-state index is 0.941. The predicted octanol–water partition coefficient (Wildman–Crippen LogP) is 4.90. The first kappa shape index (κ1) is 12.7. The van der Waals surface area contributed by atoms with Crippen molar-refractivity contribution in [3.8, 4) is 22.8 Å². The van der Waals surface area contributed by atoms with Crippen molar-refractivity contribution in [2.24, 2.45) is 7.05 Å². The van der Waals surface area contributed by atoms with Crippen LogP contribution in [-0.2, 0) is 7.05 Å². The average molecular weight is 298 g/mol. The molecule has 5 rings (SSSR count). The molecule has 0 saturated carbocycles. The lowest BCUT2D eigenvalue weighted by atomic mass is 9.92. The van der Waals surface area contributed by atoms with Crippen LogP contribution < -0.4 is 9.30 Å². The molecule has 4 aromatic rings. The summed E-state index contributed by atoms with van der Waals surface area (Å²) < 4.78 is 8.48. The van der Waals surface area contributed by atoms with E-state index in [4.69, 9.17) is 4.74 Å². The topological polar surface area (TPSA) is 13.1 Å². The second-order valence-corrected chi connectivity index (χ2v) is 6.19. The molecule has 1 aliphatic rings. The van der Waals surface area contributed by atoms with Crippen LogP contribution >= 0.6 is 0 Å². The molecule has 23 heavy (non-hydrogen) atoms. The Hall–Kier alpha value is -2.87. The molecule has 0 aliphatic carbocycles. The fourth-order valence-electron chi connectivity index (χ4n) is 3.76. The highest BCUT2D eigenvalue weighted by Crippen LogP contribution is 2.47. The lowest BCUT2D eigenvalue weighted by molar-refractivity contribution is -0.659. The number of aromatic nitrogens is 1. The summed E-state index contributed by atoms with van der Waals surface area (Å²) in [6, 6.07) is 19.1. The van der Waals surface area contributed by atoms with Crippen molar-refractivity contribution in [3.63, 3.8) is 0 Å². The summed E-state index contributed by atoms with van der Waals surface area (Å²) in [5.41, 5.74) is 3.72. The Morgan fingerprint density at radius 1 is 0.870 bits per heavy atom. The summed E-state index contributed by atoms with van der Waals surface area (Å²) in [5.74, 6) is 1.89. The van der Waals surface area contributed by atoms with E-state index < -0.39 is 0 Å². The van der Waals surface area contributed by atoms with Gasteiger partial charge in [-0.2, -0.15) is 0 Å². The number of rotatable bonds is 0. The number of nitrogens with zero attached hydrogens (tertiary/aromatic N) is 1. The highest BCUT2D eigenvalue weighted by molar-refractivity contribution is 6.05. The summed E-state index contributed by atoms with van der Waals surface area (Å²) in [7, 11) is 2.11. The standard InChI is InChI=1S/C21H16NO/c1-13-16-8-4-3-6-15(16)12-18-19(13)21-20-14(10-11-22(21)2)7-5-9-17(20)23-18/h3-12H,1-2H3/q+1. The first-order valence-corrected chi connectivity index (χ1v) is 7.86. The number of pyridine rings is 1. The number of ether oxygens (including phenoxy) is 1. The SMILES string of the molecule is Cc1c2c(cc3ccccc13)Oc1cccc3cc[n+](C)c-2c13. The van der Waals surface area contributed by atoms with Gasteiger partial charge < -0.3 is 4.74 Å². The van der Waals surface area contributed by atoms with Gasteiger partial charge in [-0.05, 0) is 40.8 Å². The van der Waals surface area contributed by atoms with E-state index in [1.54, 1.807) is 0 Å². The number of benzene rings is 3. The van der Waals surface area contributed by atoms with E-state index in [0.29, 0.717) is 0 Å². The van der Waals surface area contributed by atoms with E-state index in [0.717, 1.165) is 11.5 Å². The molecule has 2 heterocycles. The van der Waals surface area contributed by atoms with E-state index in [1.807, 2.05) is 0 Å². The molecular weight excluding hydrogens is 282 g/mol. The third-order valence-electron chi connectivity index (χ3n) is 4.86. The normalized spacial score (nSPS) is 12.3. The van der Waals surface area contributed by atoms with Crippen LogP contribution in [0, 0.1) is 6.92 Å². The molecule has 1 aliphatic heterocycles. The highest BCUT2D eigenvalue weighted by Gasteiger charge is 2.29. The molecule has 0 amide bonds. The summed E-state index contributed by atoms with van der Waals surface area (Å²) in [5, 5.41) is 4.92. The van der Waals surface area contributed by atoms with Crippen LogP contribution in [0.5, 0.6) is 11.5 Å². The van der Waals surface area contributed by atoms with Gasteiger partial charge in [0.2, 0.25) is 5.69 Å². The van der Waals surface area contributed by atoms with E-state index in [9.17, 15) is 0 Å². The van der Waals surface area contributed by atoms with Gasteiger partial charge in [-0.25, -0.2) is 4.57 Å². The predicted molar refractivity (Wildman–Crippen MR) is 92.9 cm³/mol. The van der Waals surface area contributed by atoms with Gasteiger partial charge in [-0.1, -0.05) is 36.4 Å². The second kappa shape index (κ2) is 4.32. The molecule has 0 radical (unpaired) electrons. The monoisotopic (exact) mass is 298 g/mol. The summed E-state index contributed by atoms with van der Waals surface area (Å²) >= 11 is 0. The fraction of sp³-hybridized carbons (Fsp3) is 0.0952. The van der Waals surface area contributed by atoms with Crippen LogP contribution in [0.25, 0.3) is 32.8 Å². The Morgan fingerprint density at radius 2 is 1.70 bits per heavy atom. The molecular formula is C21H16NO+. The molecule has 0 fully saturated rings. The maximum Gasteiger partial charge on any atom is 0.228 e. The molecule has 0 spiro atoms. The van der Waals surface area contributed by atoms with Crippen molar-refractivity contribution < 1.29 is 9.30 Å². The molecule has 2 heteroatoms. The minimum absolute atomic E-state index is 0.941. The summed E-state index contributed by atoms with van der Waals surface area (Å²) in [6.07, 6.45) is 2.13. The van der Waals surface area contributed by atoms with Crippen LogP contribution in [0.15, 0.2) is 60.8 Å². The Bertz CT molecular complexity index is 1110. The summed E-state index contributed by atoms with van der Waals surface area (Å²) in [4.78, 5) is 0. The first-order valence-electron chi connectivity index (χ1n) is 7.86. The smallest absolute Gasteiger partial charge is 0.228 e. The van der Waals surface area contributed by atoms with Crippen LogP contribution in [0.4, 0.5) is 0 Å². The van der Waals surface area contributed by atoms with Crippen molar-refractivity contribution >= 4 is 21.5 Å². The number of aryl methyl sites for hydroxylation is 2. The largest absolute Gasteiger partial charge is 0.456 e. The van der Waals surface area contributed by atoms with Crippen molar-refractivity contribution in [2.75, 3.05) is 0 Å². The van der Waals surface area contributed by atoms with Gasteiger partial charge in [0.05, 0.1) is 10.9 Å². The van der Waals surface area contributed by atoms with Gasteiger partial charge >= 0.3 is 0 Å². The molecule has 3 aromatic carbocycles. The third kappa shape index (κ3) is 1.61. The molecule has 0 N–H and O–H groups in total. The van der Waals surface area contributed by atoms with Gasteiger partial charge in [0.15, 0.2) is 6.20 Å². The van der Waals surface area contributed by atoms with Crippen LogP contribution in [0.2, 0.25) is 0 Å². The highest BCUT2D eigenvalue weighted by atomic mass is 16.5. The first-order chi connectivity index (χ1) is 11.2. The zero-order valence-corrected chi connectivity index (χ0v) is 13.1. The number of hydrogen-bond acceptors (Lipinski definition) is 1. The Kier molecular flexibility index (Phi) is 2.38. The van der Waals surface area contributed by atoms with Crippen LogP contribution in [-0.4, -0.2) is 0 Å². The number of hydrogen-bond donors (Lipinski definition) is 0. The van der Waals surface area contributed by atoms with Gasteiger partial charge in [0, 0.05) is 6.07 Å². The molecule has 110 valence electrons. The zero-order chi connectivity index (χ0) is 15.6. The van der Waals surface area contributed by atoms with Gasteiger partial charge in [0.1, 0.15) is 18.5 Å². The quantitative estimate of drug-likeness (QED) is 0.371. The average Bonchev–Trinajstić information content (AvgIpc) is 2.57. The lowest BCUT2D eigenvalue weighted by Crippen LogP contribution is -2.31. The fourth-order valence-corrected chi connectivity index (χ4v) is 3.76. The minimum Gasteiger partial charge on any atom is -0.456 e. The maximum absolute atomic E-state index is 6.28. The van der Waals surface area contributed by atoms with Gasteiger partial charge in [-0.3, -0.25) is 0 Å². The molecule has 1 aromatic heterocycles. The molecule has 0 unspecified atom stereocenters. The Morgan fingerprint density at radius 3 is 2.61 bits per heavy atom. The van der Waals surface area contributed by atoms with E-state index >= 15 is 0 Å². The lowest BCUT2D eigenvalue weighted by Gasteiger charge is -2.21. The van der Waals surface area contributed by atoms with Crippen molar-refractivity contribution in [3.05, 3.63) is 66.4 Å². The second-order valence-electron chi connectivity index (χ2n) is 6.19. The Labute approximate surface area is 134 Å². The van der Waals surface area contributed by atoms with E-state index in [-0.39, 0.29) is 0 Å². The van der Waals surface area contributed by atoms with Crippen LogP contribution in [0.3, 0.4) is 0 Å². The van der Waals surface area contributed by atoms with Gasteiger partial charge in [-0.15, -0.1) is 0 Å². The Balaban J connectivity index is 2.02. The molecule has 0 atom stereocenters. The van der Waals surface area contributed by atoms with Gasteiger partial charge in [0.25, 0.3) is 0 Å². The number of fused-ring (bicyclic) bond motifs is 3.